The van der Waals surface area contributed by atoms with Gasteiger partial charge in [0, 0.05) is 12.4 Å². The van der Waals surface area contributed by atoms with Crippen molar-refractivity contribution in [2.24, 2.45) is 5.92 Å². The van der Waals surface area contributed by atoms with Crippen LogP contribution in [0.3, 0.4) is 0 Å². The number of aliphatic carboxylic acids is 1. The molecule has 3 rings (SSSR count). The van der Waals surface area contributed by atoms with Crippen LogP contribution in [-0.2, 0) is 4.79 Å². The summed E-state index contributed by atoms with van der Waals surface area (Å²) in [4.78, 5) is 19.5. The molecule has 0 amide bonds. The van der Waals surface area contributed by atoms with E-state index in [1.54, 1.807) is 12.4 Å². The van der Waals surface area contributed by atoms with Gasteiger partial charge in [0.2, 0.25) is 5.78 Å². The molecule has 3 heterocycles. The van der Waals surface area contributed by atoms with E-state index in [0.717, 1.165) is 12.2 Å². The van der Waals surface area contributed by atoms with Crippen LogP contribution in [0.25, 0.3) is 5.78 Å². The Hall–Kier alpha value is -1.95. The highest BCUT2D eigenvalue weighted by Crippen LogP contribution is 2.27. The van der Waals surface area contributed by atoms with Gasteiger partial charge in [-0.3, -0.25) is 9.20 Å². The first-order chi connectivity index (χ1) is 8.75. The van der Waals surface area contributed by atoms with Gasteiger partial charge in [-0.1, -0.05) is 0 Å². The second-order valence-electron chi connectivity index (χ2n) is 4.54. The summed E-state index contributed by atoms with van der Waals surface area (Å²) < 4.78 is 1.90. The van der Waals surface area contributed by atoms with Crippen LogP contribution in [0, 0.1) is 5.92 Å². The van der Waals surface area contributed by atoms with Gasteiger partial charge in [-0.2, -0.15) is 0 Å². The van der Waals surface area contributed by atoms with Crippen LogP contribution in [0.5, 0.6) is 0 Å². The highest BCUT2D eigenvalue weighted by atomic mass is 16.4. The summed E-state index contributed by atoms with van der Waals surface area (Å²) in [5, 5.41) is 12.5. The first-order valence-corrected chi connectivity index (χ1v) is 6.00. The van der Waals surface area contributed by atoms with Crippen LogP contribution in [0.4, 0.5) is 0 Å². The summed E-state index contributed by atoms with van der Waals surface area (Å²) in [5.41, 5.74) is 0.976. The zero-order valence-corrected chi connectivity index (χ0v) is 9.78. The zero-order valence-electron chi connectivity index (χ0n) is 9.78. The number of nitrogens with zero attached hydrogens (tertiary/aromatic N) is 3. The third-order valence-electron chi connectivity index (χ3n) is 3.43. The lowest BCUT2D eigenvalue weighted by Gasteiger charge is -2.27. The zero-order chi connectivity index (χ0) is 12.5. The normalized spacial score (nSPS) is 24.2. The van der Waals surface area contributed by atoms with Gasteiger partial charge in [0.25, 0.3) is 0 Å². The Morgan fingerprint density at radius 2 is 2.39 bits per heavy atom. The summed E-state index contributed by atoms with van der Waals surface area (Å²) >= 11 is 0. The molecule has 2 unspecified atom stereocenters. The molecule has 2 aromatic heterocycles. The summed E-state index contributed by atoms with van der Waals surface area (Å²) in [7, 11) is 0. The lowest BCUT2D eigenvalue weighted by molar-refractivity contribution is -0.143. The van der Waals surface area contributed by atoms with Crippen molar-refractivity contribution in [3.63, 3.8) is 0 Å². The van der Waals surface area contributed by atoms with E-state index in [9.17, 15) is 4.79 Å². The Kier molecular flexibility index (Phi) is 2.71. The van der Waals surface area contributed by atoms with E-state index in [2.05, 4.69) is 15.3 Å². The van der Waals surface area contributed by atoms with Gasteiger partial charge in [-0.25, -0.2) is 9.97 Å². The molecular weight excluding hydrogens is 232 g/mol. The lowest BCUT2D eigenvalue weighted by atomic mass is 9.91. The maximum atomic E-state index is 11.1. The van der Waals surface area contributed by atoms with Crippen molar-refractivity contribution in [3.05, 3.63) is 30.4 Å². The van der Waals surface area contributed by atoms with E-state index in [1.165, 1.54) is 0 Å². The Morgan fingerprint density at radius 3 is 3.22 bits per heavy atom. The molecule has 0 aliphatic carbocycles. The van der Waals surface area contributed by atoms with E-state index in [-0.39, 0.29) is 12.0 Å². The number of hydrogen-bond acceptors (Lipinski definition) is 4. The number of carboxylic acids is 1. The van der Waals surface area contributed by atoms with Crippen molar-refractivity contribution < 1.29 is 9.90 Å². The first kappa shape index (κ1) is 11.2. The third kappa shape index (κ3) is 1.84. The Labute approximate surface area is 104 Å². The fourth-order valence-corrected chi connectivity index (χ4v) is 2.47. The van der Waals surface area contributed by atoms with Gasteiger partial charge in [0.05, 0.1) is 23.9 Å². The molecule has 1 aliphatic heterocycles. The van der Waals surface area contributed by atoms with Crippen molar-refractivity contribution in [1.29, 1.82) is 0 Å². The number of nitrogens with one attached hydrogen (secondary N) is 1. The van der Waals surface area contributed by atoms with E-state index < -0.39 is 5.97 Å². The van der Waals surface area contributed by atoms with Gasteiger partial charge in [-0.15, -0.1) is 0 Å². The van der Waals surface area contributed by atoms with Crippen molar-refractivity contribution in [1.82, 2.24) is 19.7 Å². The fraction of sp³-hybridized carbons (Fsp3) is 0.417. The predicted octanol–water partition coefficient (Wildman–Crippen LogP) is 0.855. The van der Waals surface area contributed by atoms with Crippen molar-refractivity contribution >= 4 is 11.7 Å². The molecule has 18 heavy (non-hydrogen) atoms. The fourth-order valence-electron chi connectivity index (χ4n) is 2.47. The minimum atomic E-state index is -0.714. The Bertz CT molecular complexity index is 580. The second-order valence-corrected chi connectivity index (χ2v) is 4.54. The summed E-state index contributed by atoms with van der Waals surface area (Å²) in [6, 6.07) is 1.87. The van der Waals surface area contributed by atoms with Crippen LogP contribution >= 0.6 is 0 Å². The summed E-state index contributed by atoms with van der Waals surface area (Å²) in [6.07, 6.45) is 6.64. The molecule has 2 N–H and O–H groups in total. The highest BCUT2D eigenvalue weighted by Gasteiger charge is 2.29. The van der Waals surface area contributed by atoms with Gasteiger partial charge in [-0.05, 0) is 25.5 Å². The van der Waals surface area contributed by atoms with Crippen molar-refractivity contribution in [2.45, 2.75) is 18.9 Å². The number of rotatable bonds is 2. The number of carboxylic acid groups (broad SMARTS) is 1. The molecule has 6 nitrogen and oxygen atoms in total. The number of fused-ring (bicyclic) bond motifs is 1. The standard InChI is InChI=1S/C12H14N4O2/c17-11(18)8-2-4-13-9(6-8)10-7-15-12-14-3-1-5-16(10)12/h1,3,5,7-9,13H,2,4,6H2,(H,17,18). The van der Waals surface area contributed by atoms with Crippen molar-refractivity contribution in [3.8, 4) is 0 Å². The van der Waals surface area contributed by atoms with Crippen LogP contribution in [0.15, 0.2) is 24.7 Å². The first-order valence-electron chi connectivity index (χ1n) is 6.00. The van der Waals surface area contributed by atoms with Gasteiger partial charge < -0.3 is 10.4 Å². The molecule has 2 aromatic rings. The topological polar surface area (TPSA) is 79.5 Å². The molecule has 0 radical (unpaired) electrons. The summed E-state index contributed by atoms with van der Waals surface area (Å²) in [6.45, 7) is 0.717. The molecule has 1 saturated heterocycles. The SMILES string of the molecule is O=C(O)C1CCNC(c2cnc3ncccn23)C1. The van der Waals surface area contributed by atoms with E-state index in [1.807, 2.05) is 16.7 Å². The minimum absolute atomic E-state index is 0.0269. The van der Waals surface area contributed by atoms with Gasteiger partial charge in [0.15, 0.2) is 0 Å². The number of piperidine rings is 1. The van der Waals surface area contributed by atoms with Crippen molar-refractivity contribution in [2.75, 3.05) is 6.54 Å². The highest BCUT2D eigenvalue weighted by molar-refractivity contribution is 5.70. The molecule has 0 aromatic carbocycles. The lowest BCUT2D eigenvalue weighted by Crippen LogP contribution is -2.35. The number of imidazole rings is 1. The van der Waals surface area contributed by atoms with Crippen LogP contribution in [0.2, 0.25) is 0 Å². The van der Waals surface area contributed by atoms with E-state index >= 15 is 0 Å². The second kappa shape index (κ2) is 4.38. The number of carbonyl (C=O) groups is 1. The molecule has 0 spiro atoms. The Morgan fingerprint density at radius 1 is 1.50 bits per heavy atom. The molecular formula is C12H14N4O2. The average molecular weight is 246 g/mol. The van der Waals surface area contributed by atoms with Gasteiger partial charge >= 0.3 is 5.97 Å². The maximum Gasteiger partial charge on any atom is 0.306 e. The largest absolute Gasteiger partial charge is 0.481 e. The molecule has 0 bridgehead atoms. The monoisotopic (exact) mass is 246 g/mol. The van der Waals surface area contributed by atoms with Crippen LogP contribution in [0.1, 0.15) is 24.6 Å². The predicted molar refractivity (Wildman–Crippen MR) is 64.1 cm³/mol. The maximum absolute atomic E-state index is 11.1. The van der Waals surface area contributed by atoms with Crippen LogP contribution in [-0.4, -0.2) is 32.0 Å². The average Bonchev–Trinajstić information content (AvgIpc) is 2.82. The quantitative estimate of drug-likeness (QED) is 0.821. The molecule has 2 atom stereocenters. The molecule has 1 fully saturated rings. The molecule has 1 aliphatic rings. The summed E-state index contributed by atoms with van der Waals surface area (Å²) in [5.74, 6) is -0.348. The molecule has 6 heteroatoms. The number of aromatic nitrogens is 3. The van der Waals surface area contributed by atoms with E-state index in [0.29, 0.717) is 18.6 Å². The van der Waals surface area contributed by atoms with E-state index in [4.69, 9.17) is 5.11 Å². The third-order valence-corrected chi connectivity index (χ3v) is 3.43. The molecule has 94 valence electrons. The smallest absolute Gasteiger partial charge is 0.306 e. The minimum Gasteiger partial charge on any atom is -0.481 e. The number of hydrogen-bond donors (Lipinski definition) is 2. The van der Waals surface area contributed by atoms with Crippen LogP contribution < -0.4 is 5.32 Å². The molecule has 0 saturated carbocycles. The Balaban J connectivity index is 1.92. The van der Waals surface area contributed by atoms with Gasteiger partial charge in [0.1, 0.15) is 0 Å².